The Hall–Kier alpha value is -0.920. The molecule has 1 aromatic heterocycles. The zero-order valence-electron chi connectivity index (χ0n) is 12.1. The average Bonchev–Trinajstić information content (AvgIpc) is 3.14. The molecule has 4 rings (SSSR count). The van der Waals surface area contributed by atoms with Crippen molar-refractivity contribution in [2.75, 3.05) is 13.1 Å². The Morgan fingerprint density at radius 1 is 1.24 bits per heavy atom. The fourth-order valence-electron chi connectivity index (χ4n) is 4.11. The molecule has 3 heterocycles. The summed E-state index contributed by atoms with van der Waals surface area (Å²) in [6.07, 6.45) is 6.88. The van der Waals surface area contributed by atoms with Crippen LogP contribution >= 0.6 is 0 Å². The second-order valence-electron chi connectivity index (χ2n) is 6.63. The maximum absolute atomic E-state index is 12.8. The van der Waals surface area contributed by atoms with Gasteiger partial charge in [-0.25, -0.2) is 13.4 Å². The molecule has 6 nitrogen and oxygen atoms in total. The monoisotopic (exact) mass is 310 g/mol. The molecule has 3 aliphatic rings. The molecule has 0 amide bonds. The lowest BCUT2D eigenvalue weighted by molar-refractivity contribution is 0.425. The predicted octanol–water partition coefficient (Wildman–Crippen LogP) is 0.577. The number of imidazole rings is 1. The molecule has 3 unspecified atom stereocenters. The van der Waals surface area contributed by atoms with Gasteiger partial charge in [0.05, 0.1) is 0 Å². The van der Waals surface area contributed by atoms with Crippen LogP contribution in [0.3, 0.4) is 0 Å². The molecular weight excluding hydrogens is 288 g/mol. The first-order valence-electron chi connectivity index (χ1n) is 7.87. The normalized spacial score (nSPS) is 33.1. The Bertz CT molecular complexity index is 630. The Balaban J connectivity index is 1.61. The minimum Gasteiger partial charge on any atom is -0.333 e. The quantitative estimate of drug-likeness (QED) is 0.866. The molecule has 7 heteroatoms. The highest BCUT2D eigenvalue weighted by Gasteiger charge is 2.45. The van der Waals surface area contributed by atoms with Crippen LogP contribution in [0.4, 0.5) is 0 Å². The minimum absolute atomic E-state index is 0.158. The summed E-state index contributed by atoms with van der Waals surface area (Å²) in [5, 5.41) is 0.230. The molecule has 1 aromatic rings. The summed E-state index contributed by atoms with van der Waals surface area (Å²) in [5.41, 5.74) is 6.10. The smallest absolute Gasteiger partial charge is 0.262 e. The molecular formula is C14H22N4O2S. The van der Waals surface area contributed by atoms with E-state index in [-0.39, 0.29) is 11.1 Å². The first-order valence-corrected chi connectivity index (χ1v) is 9.31. The van der Waals surface area contributed by atoms with E-state index < -0.39 is 10.0 Å². The molecule has 0 aromatic carbocycles. The molecule has 1 saturated carbocycles. The Kier molecular flexibility index (Phi) is 3.13. The van der Waals surface area contributed by atoms with E-state index in [0.717, 1.165) is 44.5 Å². The van der Waals surface area contributed by atoms with Crippen LogP contribution in [-0.2, 0) is 23.0 Å². The van der Waals surface area contributed by atoms with Gasteiger partial charge in [0.1, 0.15) is 5.82 Å². The number of fused-ring (bicyclic) bond motifs is 2. The highest BCUT2D eigenvalue weighted by Crippen LogP contribution is 2.39. The second kappa shape index (κ2) is 4.79. The van der Waals surface area contributed by atoms with Crippen LogP contribution in [0.2, 0.25) is 0 Å². The summed E-state index contributed by atoms with van der Waals surface area (Å²) in [6, 6.07) is 0.158. The number of sulfonamides is 1. The minimum atomic E-state index is -3.45. The summed E-state index contributed by atoms with van der Waals surface area (Å²) < 4.78 is 29.2. The van der Waals surface area contributed by atoms with Crippen LogP contribution in [0.15, 0.2) is 11.2 Å². The standard InChI is InChI=1S/C14H22N4O2S/c15-12-5-4-10-7-18(8-11(10)12)21(19,20)14-9-17-6-2-1-3-13(17)16-14/h9-12H,1-8,15H2. The van der Waals surface area contributed by atoms with Crippen molar-refractivity contribution in [1.82, 2.24) is 13.9 Å². The number of nitrogens with zero attached hydrogens (tertiary/aromatic N) is 3. The van der Waals surface area contributed by atoms with Gasteiger partial charge in [-0.3, -0.25) is 0 Å². The van der Waals surface area contributed by atoms with Gasteiger partial charge in [0.15, 0.2) is 5.03 Å². The first-order chi connectivity index (χ1) is 10.1. The molecule has 1 aliphatic carbocycles. The summed E-state index contributed by atoms with van der Waals surface area (Å²) in [7, 11) is -3.45. The molecule has 0 bridgehead atoms. The van der Waals surface area contributed by atoms with Gasteiger partial charge < -0.3 is 10.3 Å². The zero-order valence-corrected chi connectivity index (χ0v) is 12.9. The summed E-state index contributed by atoms with van der Waals surface area (Å²) in [6.45, 7) is 2.06. The van der Waals surface area contributed by atoms with E-state index in [1.165, 1.54) is 0 Å². The van der Waals surface area contributed by atoms with E-state index in [4.69, 9.17) is 5.73 Å². The molecule has 0 spiro atoms. The lowest BCUT2D eigenvalue weighted by Gasteiger charge is -2.17. The van der Waals surface area contributed by atoms with Gasteiger partial charge in [0.25, 0.3) is 10.0 Å². The topological polar surface area (TPSA) is 81.2 Å². The van der Waals surface area contributed by atoms with E-state index in [1.54, 1.807) is 10.5 Å². The molecule has 2 fully saturated rings. The Morgan fingerprint density at radius 2 is 2.10 bits per heavy atom. The number of aromatic nitrogens is 2. The van der Waals surface area contributed by atoms with Gasteiger partial charge in [0.2, 0.25) is 0 Å². The summed E-state index contributed by atoms with van der Waals surface area (Å²) in [4.78, 5) is 4.38. The van der Waals surface area contributed by atoms with Gasteiger partial charge in [-0.1, -0.05) is 0 Å². The highest BCUT2D eigenvalue weighted by molar-refractivity contribution is 7.89. The summed E-state index contributed by atoms with van der Waals surface area (Å²) in [5.74, 6) is 1.68. The molecule has 116 valence electrons. The van der Waals surface area contributed by atoms with Crippen molar-refractivity contribution in [2.24, 2.45) is 17.6 Å². The lowest BCUT2D eigenvalue weighted by atomic mass is 9.98. The van der Waals surface area contributed by atoms with Crippen LogP contribution in [0.1, 0.15) is 31.5 Å². The van der Waals surface area contributed by atoms with Crippen molar-refractivity contribution in [3.8, 4) is 0 Å². The van der Waals surface area contributed by atoms with E-state index in [2.05, 4.69) is 4.98 Å². The number of rotatable bonds is 2. The van der Waals surface area contributed by atoms with Crippen LogP contribution in [-0.4, -0.2) is 41.4 Å². The van der Waals surface area contributed by atoms with Crippen LogP contribution < -0.4 is 5.73 Å². The molecule has 2 aliphatic heterocycles. The van der Waals surface area contributed by atoms with E-state index in [9.17, 15) is 8.42 Å². The van der Waals surface area contributed by atoms with E-state index in [0.29, 0.717) is 24.9 Å². The van der Waals surface area contributed by atoms with E-state index in [1.807, 2.05) is 4.57 Å². The molecule has 2 N–H and O–H groups in total. The number of nitrogens with two attached hydrogens (primary N) is 1. The van der Waals surface area contributed by atoms with Crippen molar-refractivity contribution in [3.05, 3.63) is 12.0 Å². The van der Waals surface area contributed by atoms with Crippen LogP contribution in [0.5, 0.6) is 0 Å². The number of hydrogen-bond donors (Lipinski definition) is 1. The number of hydrogen-bond acceptors (Lipinski definition) is 4. The Morgan fingerprint density at radius 3 is 2.86 bits per heavy atom. The Labute approximate surface area is 125 Å². The highest BCUT2D eigenvalue weighted by atomic mass is 32.2. The molecule has 21 heavy (non-hydrogen) atoms. The van der Waals surface area contributed by atoms with E-state index >= 15 is 0 Å². The van der Waals surface area contributed by atoms with Crippen LogP contribution in [0.25, 0.3) is 0 Å². The lowest BCUT2D eigenvalue weighted by Crippen LogP contribution is -2.33. The van der Waals surface area contributed by atoms with Gasteiger partial charge >= 0.3 is 0 Å². The summed E-state index contributed by atoms with van der Waals surface area (Å²) >= 11 is 0. The molecule has 1 saturated heterocycles. The SMILES string of the molecule is NC1CCC2CN(S(=O)(=O)c3cn4c(n3)CCCC4)CC12. The largest absolute Gasteiger partial charge is 0.333 e. The van der Waals surface area contributed by atoms with Crippen molar-refractivity contribution in [3.63, 3.8) is 0 Å². The fraction of sp³-hybridized carbons (Fsp3) is 0.786. The zero-order chi connectivity index (χ0) is 14.6. The third-order valence-corrected chi connectivity index (χ3v) is 7.07. The second-order valence-corrected chi connectivity index (χ2v) is 8.52. The average molecular weight is 310 g/mol. The third-order valence-electron chi connectivity index (χ3n) is 5.37. The van der Waals surface area contributed by atoms with Crippen LogP contribution in [0, 0.1) is 11.8 Å². The first kappa shape index (κ1) is 13.7. The molecule has 3 atom stereocenters. The van der Waals surface area contributed by atoms with Crippen molar-refractivity contribution in [1.29, 1.82) is 0 Å². The van der Waals surface area contributed by atoms with Crippen molar-refractivity contribution < 1.29 is 8.42 Å². The number of aryl methyl sites for hydroxylation is 2. The molecule has 0 radical (unpaired) electrons. The fourth-order valence-corrected chi connectivity index (χ4v) is 5.61. The van der Waals surface area contributed by atoms with Gasteiger partial charge in [-0.15, -0.1) is 0 Å². The van der Waals surface area contributed by atoms with Gasteiger partial charge in [0, 0.05) is 38.3 Å². The maximum atomic E-state index is 12.8. The predicted molar refractivity (Wildman–Crippen MR) is 78.1 cm³/mol. The maximum Gasteiger partial charge on any atom is 0.262 e. The van der Waals surface area contributed by atoms with Crippen molar-refractivity contribution >= 4 is 10.0 Å². The van der Waals surface area contributed by atoms with Gasteiger partial charge in [-0.05, 0) is 37.5 Å². The third kappa shape index (κ3) is 2.13. The van der Waals surface area contributed by atoms with Crippen molar-refractivity contribution in [2.45, 2.75) is 49.7 Å². The van der Waals surface area contributed by atoms with Gasteiger partial charge in [-0.2, -0.15) is 4.31 Å².